The highest BCUT2D eigenvalue weighted by molar-refractivity contribution is 5.04. The van der Waals surface area contributed by atoms with E-state index in [0.29, 0.717) is 0 Å². The van der Waals surface area contributed by atoms with Crippen molar-refractivity contribution >= 4 is 0 Å². The molecule has 7 nitrogen and oxygen atoms in total. The maximum absolute atomic E-state index is 12.4. The van der Waals surface area contributed by atoms with Crippen LogP contribution in [0.5, 0.6) is 0 Å². The Morgan fingerprint density at radius 1 is 1.50 bits per heavy atom. The fourth-order valence-electron chi connectivity index (χ4n) is 2.30. The van der Waals surface area contributed by atoms with Crippen molar-refractivity contribution in [1.82, 2.24) is 9.13 Å². The van der Waals surface area contributed by atoms with Gasteiger partial charge in [-0.1, -0.05) is 0 Å². The van der Waals surface area contributed by atoms with Crippen molar-refractivity contribution in [3.8, 4) is 0 Å². The number of nitrogens with zero attached hydrogens (tertiary/aromatic N) is 2. The average Bonchev–Trinajstić information content (AvgIpc) is 2.80. The highest BCUT2D eigenvalue weighted by Gasteiger charge is 2.35. The summed E-state index contributed by atoms with van der Waals surface area (Å²) in [6, 6.07) is 0. The van der Waals surface area contributed by atoms with Crippen molar-refractivity contribution in [2.45, 2.75) is 38.3 Å². The first-order valence-corrected chi connectivity index (χ1v) is 6.32. The first-order valence-electron chi connectivity index (χ1n) is 6.32. The van der Waals surface area contributed by atoms with Crippen molar-refractivity contribution in [2.24, 2.45) is 0 Å². The lowest BCUT2D eigenvalue weighted by atomic mass is 10.2. The summed E-state index contributed by atoms with van der Waals surface area (Å²) in [5.74, 6) is 0. The molecule has 1 fully saturated rings. The summed E-state index contributed by atoms with van der Waals surface area (Å²) in [5.41, 5.74) is -0.946. The Morgan fingerprint density at radius 2 is 2.20 bits per heavy atom. The summed E-state index contributed by atoms with van der Waals surface area (Å²) in [6.07, 6.45) is -0.984. The van der Waals surface area contributed by atoms with E-state index in [-0.39, 0.29) is 25.1 Å². The van der Waals surface area contributed by atoms with E-state index in [2.05, 4.69) is 0 Å². The van der Waals surface area contributed by atoms with Gasteiger partial charge in [0.15, 0.2) is 0 Å². The second-order valence-corrected chi connectivity index (χ2v) is 4.76. The molecule has 0 saturated carbocycles. The molecule has 1 aliphatic heterocycles. The highest BCUT2D eigenvalue weighted by Crippen LogP contribution is 2.27. The van der Waals surface area contributed by atoms with Crippen LogP contribution in [0.1, 0.15) is 18.2 Å². The van der Waals surface area contributed by atoms with Gasteiger partial charge in [0, 0.05) is 18.2 Å². The van der Waals surface area contributed by atoms with E-state index in [1.54, 1.807) is 0 Å². The zero-order chi connectivity index (χ0) is 14.9. The maximum atomic E-state index is 12.4. The quantitative estimate of drug-likeness (QED) is 0.736. The molecule has 2 rings (SSSR count). The number of aromatic nitrogens is 2. The molecule has 1 aliphatic rings. The van der Waals surface area contributed by atoms with Gasteiger partial charge in [-0.15, -0.1) is 0 Å². The average molecular weight is 288 g/mol. The van der Waals surface area contributed by atoms with Crippen molar-refractivity contribution in [3.05, 3.63) is 32.6 Å². The van der Waals surface area contributed by atoms with Crippen LogP contribution in [0.4, 0.5) is 4.39 Å². The Balaban J connectivity index is 2.43. The van der Waals surface area contributed by atoms with E-state index in [9.17, 15) is 19.1 Å². The van der Waals surface area contributed by atoms with Gasteiger partial charge in [-0.25, -0.2) is 9.18 Å². The van der Waals surface area contributed by atoms with E-state index < -0.39 is 36.4 Å². The van der Waals surface area contributed by atoms with Gasteiger partial charge in [0.2, 0.25) is 0 Å². The predicted octanol–water partition coefficient (Wildman–Crippen LogP) is -1.07. The minimum Gasteiger partial charge on any atom is -0.394 e. The Morgan fingerprint density at radius 3 is 2.75 bits per heavy atom. The third-order valence-electron chi connectivity index (χ3n) is 3.37. The lowest BCUT2D eigenvalue weighted by Crippen LogP contribution is -2.42. The Kier molecular flexibility index (Phi) is 4.36. The lowest BCUT2D eigenvalue weighted by Gasteiger charge is -2.17. The third kappa shape index (κ3) is 2.54. The molecule has 1 saturated heterocycles. The number of halogens is 1. The van der Waals surface area contributed by atoms with E-state index in [1.165, 1.54) is 13.1 Å². The highest BCUT2D eigenvalue weighted by atomic mass is 19.1. The van der Waals surface area contributed by atoms with Crippen LogP contribution in [0.15, 0.2) is 15.8 Å². The molecular formula is C12H17FN2O5. The van der Waals surface area contributed by atoms with Crippen LogP contribution in [-0.2, 0) is 11.3 Å². The number of hydrogen-bond acceptors (Lipinski definition) is 5. The van der Waals surface area contributed by atoms with Crippen LogP contribution >= 0.6 is 0 Å². The lowest BCUT2D eigenvalue weighted by molar-refractivity contribution is -0.0464. The number of aliphatic hydroxyl groups excluding tert-OH is 2. The van der Waals surface area contributed by atoms with Gasteiger partial charge in [-0.2, -0.15) is 0 Å². The predicted molar refractivity (Wildman–Crippen MR) is 67.3 cm³/mol. The van der Waals surface area contributed by atoms with Crippen molar-refractivity contribution in [1.29, 1.82) is 0 Å². The SMILES string of the molecule is Cc1cn(C2C[C@H](O)[C@@H](CO)O2)c(=O)n(CCF)c1=O. The Labute approximate surface area is 113 Å². The third-order valence-corrected chi connectivity index (χ3v) is 3.37. The fraction of sp³-hybridized carbons (Fsp3) is 0.667. The summed E-state index contributed by atoms with van der Waals surface area (Å²) in [5, 5.41) is 18.7. The maximum Gasteiger partial charge on any atom is 0.333 e. The van der Waals surface area contributed by atoms with Crippen LogP contribution < -0.4 is 11.2 Å². The molecule has 20 heavy (non-hydrogen) atoms. The second kappa shape index (κ2) is 5.86. The van der Waals surface area contributed by atoms with E-state index >= 15 is 0 Å². The number of ether oxygens (including phenoxy) is 1. The van der Waals surface area contributed by atoms with Crippen LogP contribution in [-0.4, -0.2) is 44.8 Å². The molecular weight excluding hydrogens is 271 g/mol. The Hall–Kier alpha value is -1.51. The number of hydrogen-bond donors (Lipinski definition) is 2. The molecule has 0 amide bonds. The van der Waals surface area contributed by atoms with Crippen molar-refractivity contribution in [2.75, 3.05) is 13.3 Å². The topological polar surface area (TPSA) is 93.7 Å². The minimum absolute atomic E-state index is 0.123. The van der Waals surface area contributed by atoms with Gasteiger partial charge in [-0.3, -0.25) is 13.9 Å². The van der Waals surface area contributed by atoms with Gasteiger partial charge in [0.05, 0.1) is 19.3 Å². The van der Waals surface area contributed by atoms with E-state index in [0.717, 1.165) is 9.13 Å². The van der Waals surface area contributed by atoms with Gasteiger partial charge in [0.25, 0.3) is 5.56 Å². The molecule has 112 valence electrons. The summed E-state index contributed by atoms with van der Waals surface area (Å²) >= 11 is 0. The van der Waals surface area contributed by atoms with E-state index in [4.69, 9.17) is 9.84 Å². The van der Waals surface area contributed by atoms with Gasteiger partial charge >= 0.3 is 5.69 Å². The molecule has 2 N–H and O–H groups in total. The molecule has 1 unspecified atom stereocenters. The number of aliphatic hydroxyl groups is 2. The minimum atomic E-state index is -0.890. The van der Waals surface area contributed by atoms with Crippen molar-refractivity contribution in [3.63, 3.8) is 0 Å². The second-order valence-electron chi connectivity index (χ2n) is 4.76. The first-order chi connectivity index (χ1) is 9.49. The van der Waals surface area contributed by atoms with Gasteiger partial charge in [0.1, 0.15) is 19.0 Å². The largest absolute Gasteiger partial charge is 0.394 e. The number of rotatable bonds is 4. The smallest absolute Gasteiger partial charge is 0.333 e. The first kappa shape index (κ1) is 14.9. The summed E-state index contributed by atoms with van der Waals surface area (Å²) in [4.78, 5) is 23.9. The molecule has 3 atom stereocenters. The van der Waals surface area contributed by atoms with Crippen LogP contribution in [0.2, 0.25) is 0 Å². The van der Waals surface area contributed by atoms with E-state index in [1.807, 2.05) is 0 Å². The normalized spacial score (nSPS) is 26.1. The van der Waals surface area contributed by atoms with Gasteiger partial charge < -0.3 is 14.9 Å². The molecule has 0 aliphatic carbocycles. The van der Waals surface area contributed by atoms with Gasteiger partial charge in [-0.05, 0) is 6.92 Å². The summed E-state index contributed by atoms with van der Waals surface area (Å²) < 4.78 is 19.8. The molecule has 0 bridgehead atoms. The number of alkyl halides is 1. The Bertz CT molecular complexity index is 596. The number of aryl methyl sites for hydroxylation is 1. The molecule has 8 heteroatoms. The molecule has 1 aromatic rings. The summed E-state index contributed by atoms with van der Waals surface area (Å²) in [7, 11) is 0. The van der Waals surface area contributed by atoms with Crippen LogP contribution in [0, 0.1) is 6.92 Å². The molecule has 0 aromatic carbocycles. The van der Waals surface area contributed by atoms with Crippen LogP contribution in [0.3, 0.4) is 0 Å². The standard InChI is InChI=1S/C12H17FN2O5/c1-7-5-15(10-4-8(17)9(6-16)20-10)12(19)14(3-2-13)11(7)18/h5,8-10,16-17H,2-4,6H2,1H3/t8-,9+,10?/m0/s1. The molecule has 2 heterocycles. The zero-order valence-electron chi connectivity index (χ0n) is 11.0. The molecule has 0 spiro atoms. The monoisotopic (exact) mass is 288 g/mol. The fourth-order valence-corrected chi connectivity index (χ4v) is 2.30. The molecule has 0 radical (unpaired) electrons. The zero-order valence-corrected chi connectivity index (χ0v) is 11.0. The summed E-state index contributed by atoms with van der Waals surface area (Å²) in [6.45, 7) is 0.00148. The van der Waals surface area contributed by atoms with Crippen LogP contribution in [0.25, 0.3) is 0 Å². The van der Waals surface area contributed by atoms with Crippen molar-refractivity contribution < 1.29 is 19.3 Å². The molecule has 1 aromatic heterocycles.